The molecule has 3 saturated heterocycles. The van der Waals surface area contributed by atoms with Crippen LogP contribution < -0.4 is 0 Å². The van der Waals surface area contributed by atoms with Crippen molar-refractivity contribution >= 4 is 35.5 Å². The van der Waals surface area contributed by atoms with E-state index in [0.29, 0.717) is 13.1 Å². The summed E-state index contributed by atoms with van der Waals surface area (Å²) < 4.78 is 5.58. The van der Waals surface area contributed by atoms with Crippen LogP contribution in [0.3, 0.4) is 0 Å². The van der Waals surface area contributed by atoms with Crippen molar-refractivity contribution < 1.29 is 14.3 Å². The predicted molar refractivity (Wildman–Crippen MR) is 90.1 cm³/mol. The Labute approximate surface area is 140 Å². The van der Waals surface area contributed by atoms with Crippen LogP contribution in [0.1, 0.15) is 27.2 Å². The van der Waals surface area contributed by atoms with Crippen LogP contribution in [-0.4, -0.2) is 69.2 Å². The second-order valence-electron chi connectivity index (χ2n) is 7.20. The van der Waals surface area contributed by atoms with Crippen molar-refractivity contribution in [2.45, 2.75) is 36.9 Å². The van der Waals surface area contributed by atoms with Gasteiger partial charge in [0.1, 0.15) is 5.60 Å². The van der Waals surface area contributed by atoms with Gasteiger partial charge in [0.25, 0.3) is 0 Å². The van der Waals surface area contributed by atoms with E-state index in [9.17, 15) is 9.59 Å². The predicted octanol–water partition coefficient (Wildman–Crippen LogP) is 2.26. The molecule has 0 aromatic heterocycles. The van der Waals surface area contributed by atoms with Crippen molar-refractivity contribution in [3.63, 3.8) is 0 Å². The molecule has 0 N–H and O–H groups in total. The summed E-state index contributed by atoms with van der Waals surface area (Å²) in [4.78, 5) is 28.1. The molecule has 0 aromatic carbocycles. The van der Waals surface area contributed by atoms with Crippen molar-refractivity contribution in [2.75, 3.05) is 37.7 Å². The number of hydrogen-bond donors (Lipinski definition) is 0. The quantitative estimate of drug-likeness (QED) is 0.730. The number of carbonyl (C=O) groups is 2. The first-order valence-corrected chi connectivity index (χ1v) is 9.80. The molecule has 3 heterocycles. The lowest BCUT2D eigenvalue weighted by Gasteiger charge is -2.40. The molecule has 0 atom stereocenters. The Morgan fingerprint density at radius 2 is 1.77 bits per heavy atom. The van der Waals surface area contributed by atoms with Gasteiger partial charge in [-0.2, -0.15) is 0 Å². The molecule has 3 fully saturated rings. The lowest BCUT2D eigenvalue weighted by Crippen LogP contribution is -2.57. The summed E-state index contributed by atoms with van der Waals surface area (Å²) in [5, 5.41) is 0. The van der Waals surface area contributed by atoms with Crippen LogP contribution in [0, 0.1) is 5.92 Å². The van der Waals surface area contributed by atoms with E-state index in [1.54, 1.807) is 4.90 Å². The first-order valence-electron chi connectivity index (χ1n) is 7.83. The van der Waals surface area contributed by atoms with Gasteiger partial charge in [-0.25, -0.2) is 4.79 Å². The zero-order valence-electron chi connectivity index (χ0n) is 13.5. The third kappa shape index (κ3) is 3.35. The number of nitrogens with zero attached hydrogens (tertiary/aromatic N) is 2. The highest BCUT2D eigenvalue weighted by Gasteiger charge is 2.47. The van der Waals surface area contributed by atoms with Crippen molar-refractivity contribution in [3.05, 3.63) is 0 Å². The Balaban J connectivity index is 1.47. The molecule has 124 valence electrons. The van der Waals surface area contributed by atoms with Crippen LogP contribution in [-0.2, 0) is 9.53 Å². The smallest absolute Gasteiger partial charge is 0.410 e. The summed E-state index contributed by atoms with van der Waals surface area (Å²) in [6.45, 7) is 8.29. The minimum atomic E-state index is -0.482. The Morgan fingerprint density at radius 1 is 1.14 bits per heavy atom. The van der Waals surface area contributed by atoms with E-state index >= 15 is 0 Å². The van der Waals surface area contributed by atoms with Gasteiger partial charge < -0.3 is 14.5 Å². The van der Waals surface area contributed by atoms with Crippen LogP contribution in [0.2, 0.25) is 0 Å². The second-order valence-corrected chi connectivity index (χ2v) is 10.4. The van der Waals surface area contributed by atoms with E-state index in [0.717, 1.165) is 19.5 Å². The van der Waals surface area contributed by atoms with Crippen molar-refractivity contribution in [1.29, 1.82) is 0 Å². The highest BCUT2D eigenvalue weighted by atomic mass is 32.2. The summed E-state index contributed by atoms with van der Waals surface area (Å²) in [5.74, 6) is 2.56. The molecule has 22 heavy (non-hydrogen) atoms. The highest BCUT2D eigenvalue weighted by molar-refractivity contribution is 8.21. The van der Waals surface area contributed by atoms with Crippen LogP contribution in [0.25, 0.3) is 0 Å². The van der Waals surface area contributed by atoms with E-state index in [-0.39, 0.29) is 22.0 Å². The van der Waals surface area contributed by atoms with E-state index < -0.39 is 5.60 Å². The average molecular weight is 345 g/mol. The molecule has 0 radical (unpaired) electrons. The maximum absolute atomic E-state index is 12.5. The Bertz CT molecular complexity index is 466. The molecule has 1 spiro atoms. The molecular weight excluding hydrogens is 320 g/mol. The van der Waals surface area contributed by atoms with Gasteiger partial charge in [-0.1, -0.05) is 0 Å². The number of rotatable bonds is 1. The fourth-order valence-electron chi connectivity index (χ4n) is 3.04. The van der Waals surface area contributed by atoms with Crippen LogP contribution in [0.5, 0.6) is 0 Å². The minimum absolute atomic E-state index is 0.0425. The van der Waals surface area contributed by atoms with Crippen LogP contribution in [0.4, 0.5) is 4.79 Å². The minimum Gasteiger partial charge on any atom is -0.444 e. The summed E-state index contributed by atoms with van der Waals surface area (Å²) in [6, 6.07) is 0. The Morgan fingerprint density at radius 3 is 2.36 bits per heavy atom. The molecule has 3 aliphatic rings. The van der Waals surface area contributed by atoms with Gasteiger partial charge in [-0.05, 0) is 27.2 Å². The number of amides is 2. The zero-order valence-corrected chi connectivity index (χ0v) is 15.1. The summed E-state index contributed by atoms with van der Waals surface area (Å²) >= 11 is 4.01. The normalized spacial score (nSPS) is 24.7. The van der Waals surface area contributed by atoms with Crippen molar-refractivity contribution in [2.24, 2.45) is 5.92 Å². The average Bonchev–Trinajstić information content (AvgIpc) is 2.96. The maximum Gasteiger partial charge on any atom is 0.410 e. The lowest BCUT2D eigenvalue weighted by molar-refractivity contribution is -0.139. The topological polar surface area (TPSA) is 49.9 Å². The maximum atomic E-state index is 12.5. The molecule has 0 aromatic rings. The third-order valence-electron chi connectivity index (χ3n) is 4.20. The van der Waals surface area contributed by atoms with Gasteiger partial charge in [0.15, 0.2) is 0 Å². The Kier molecular flexibility index (Phi) is 4.31. The molecular formula is C15H24N2O3S2. The van der Waals surface area contributed by atoms with Crippen LogP contribution >= 0.6 is 23.5 Å². The molecule has 0 saturated carbocycles. The van der Waals surface area contributed by atoms with Gasteiger partial charge in [-0.15, -0.1) is 23.5 Å². The number of likely N-dealkylation sites (tertiary alicyclic amines) is 2. The van der Waals surface area contributed by atoms with Gasteiger partial charge in [0.2, 0.25) is 5.91 Å². The monoisotopic (exact) mass is 344 g/mol. The number of hydrogen-bond acceptors (Lipinski definition) is 5. The van der Waals surface area contributed by atoms with Crippen molar-refractivity contribution in [3.8, 4) is 0 Å². The first kappa shape index (κ1) is 16.3. The number of thioether (sulfide) groups is 2. The summed E-state index contributed by atoms with van der Waals surface area (Å²) in [6.07, 6.45) is 0.785. The molecule has 3 rings (SSSR count). The largest absolute Gasteiger partial charge is 0.444 e. The van der Waals surface area contributed by atoms with Gasteiger partial charge in [-0.3, -0.25) is 4.79 Å². The van der Waals surface area contributed by atoms with E-state index in [4.69, 9.17) is 4.74 Å². The SMILES string of the molecule is CC(C)(C)OC(=O)N1CC(C(=O)N2CCC3(C2)SCCS3)C1. The zero-order chi connectivity index (χ0) is 16.0. The van der Waals surface area contributed by atoms with Gasteiger partial charge in [0, 0.05) is 37.7 Å². The molecule has 3 aliphatic heterocycles. The first-order chi connectivity index (χ1) is 10.3. The fourth-order valence-corrected chi connectivity index (χ4v) is 6.25. The van der Waals surface area contributed by atoms with E-state index in [1.807, 2.05) is 49.2 Å². The second kappa shape index (κ2) is 5.82. The molecule has 7 heteroatoms. The third-order valence-corrected chi connectivity index (χ3v) is 7.70. The van der Waals surface area contributed by atoms with Crippen molar-refractivity contribution in [1.82, 2.24) is 9.80 Å². The highest BCUT2D eigenvalue weighted by Crippen LogP contribution is 2.50. The van der Waals surface area contributed by atoms with Gasteiger partial charge in [0.05, 0.1) is 10.00 Å². The van der Waals surface area contributed by atoms with E-state index in [1.165, 1.54) is 11.5 Å². The lowest BCUT2D eigenvalue weighted by atomic mass is 9.99. The number of carbonyl (C=O) groups excluding carboxylic acids is 2. The molecule has 0 unspecified atom stereocenters. The molecule has 2 amide bonds. The van der Waals surface area contributed by atoms with Gasteiger partial charge >= 0.3 is 6.09 Å². The standard InChI is InChI=1S/C15H24N2O3S2/c1-14(2,3)20-13(19)17-8-11(9-17)12(18)16-5-4-15(10-16)21-6-7-22-15/h11H,4-10H2,1-3H3. The Hall–Kier alpha value is -0.560. The fraction of sp³-hybridized carbons (Fsp3) is 0.867. The molecule has 0 bridgehead atoms. The molecule has 0 aliphatic carbocycles. The summed E-state index contributed by atoms with van der Waals surface area (Å²) in [7, 11) is 0. The van der Waals surface area contributed by atoms with Crippen LogP contribution in [0.15, 0.2) is 0 Å². The summed E-state index contributed by atoms with van der Waals surface area (Å²) in [5.41, 5.74) is -0.482. The van der Waals surface area contributed by atoms with E-state index in [2.05, 4.69) is 0 Å². The molecule has 5 nitrogen and oxygen atoms in total. The number of ether oxygens (including phenoxy) is 1.